The number of nitrogens with one attached hydrogen (secondary N) is 1. The monoisotopic (exact) mass is 288 g/mol. The number of anilines is 1. The molecule has 2 rings (SSSR count). The van der Waals surface area contributed by atoms with Gasteiger partial charge in [-0.3, -0.25) is 4.79 Å². The molecule has 21 heavy (non-hydrogen) atoms. The first-order valence-electron chi connectivity index (χ1n) is 6.51. The number of carbonyl (C=O) groups is 1. The van der Waals surface area contributed by atoms with E-state index in [1.807, 2.05) is 19.0 Å². The Kier molecular flexibility index (Phi) is 4.47. The van der Waals surface area contributed by atoms with Crippen LogP contribution >= 0.6 is 0 Å². The average molecular weight is 288 g/mol. The van der Waals surface area contributed by atoms with Crippen LogP contribution in [0.25, 0.3) is 0 Å². The summed E-state index contributed by atoms with van der Waals surface area (Å²) in [5.41, 5.74) is 0.787. The molecule has 6 heteroatoms. The van der Waals surface area contributed by atoms with Crippen molar-refractivity contribution in [2.45, 2.75) is 13.5 Å². The maximum atomic E-state index is 13.4. The van der Waals surface area contributed by atoms with Gasteiger partial charge in [-0.15, -0.1) is 0 Å². The molecule has 0 saturated carbocycles. The fraction of sp³-hybridized carbons (Fsp3) is 0.267. The van der Waals surface area contributed by atoms with Crippen LogP contribution in [-0.4, -0.2) is 30.0 Å². The van der Waals surface area contributed by atoms with Crippen molar-refractivity contribution in [2.24, 2.45) is 0 Å². The number of carbonyl (C=O) groups excluding carboxylic acids is 1. The van der Waals surface area contributed by atoms with Crippen molar-refractivity contribution in [3.8, 4) is 0 Å². The van der Waals surface area contributed by atoms with E-state index in [0.29, 0.717) is 11.4 Å². The average Bonchev–Trinajstić information content (AvgIpc) is 2.48. The molecule has 0 fully saturated rings. The normalized spacial score (nSPS) is 10.3. The number of amides is 1. The standard InChI is InChI=1S/C15H17FN4O/c1-10-4-5-11(8-12(10)16)15(21)18-9-13-17-7-6-14(19-13)20(2)3/h4-8H,9H2,1-3H3,(H,18,21). The number of rotatable bonds is 4. The van der Waals surface area contributed by atoms with Crippen LogP contribution in [-0.2, 0) is 6.54 Å². The highest BCUT2D eigenvalue weighted by Crippen LogP contribution is 2.09. The SMILES string of the molecule is Cc1ccc(C(=O)NCc2nccc(N(C)C)n2)cc1F. The van der Waals surface area contributed by atoms with Gasteiger partial charge in [-0.25, -0.2) is 14.4 Å². The predicted molar refractivity (Wildman–Crippen MR) is 78.7 cm³/mol. The van der Waals surface area contributed by atoms with Crippen molar-refractivity contribution >= 4 is 11.7 Å². The molecule has 0 saturated heterocycles. The summed E-state index contributed by atoms with van der Waals surface area (Å²) in [5, 5.41) is 2.68. The Morgan fingerprint density at radius 1 is 1.33 bits per heavy atom. The highest BCUT2D eigenvalue weighted by molar-refractivity contribution is 5.94. The Morgan fingerprint density at radius 3 is 2.76 bits per heavy atom. The van der Waals surface area contributed by atoms with Crippen LogP contribution < -0.4 is 10.2 Å². The maximum Gasteiger partial charge on any atom is 0.251 e. The van der Waals surface area contributed by atoms with E-state index in [1.54, 1.807) is 31.3 Å². The van der Waals surface area contributed by atoms with Crippen molar-refractivity contribution < 1.29 is 9.18 Å². The van der Waals surface area contributed by atoms with E-state index >= 15 is 0 Å². The van der Waals surface area contributed by atoms with E-state index in [9.17, 15) is 9.18 Å². The van der Waals surface area contributed by atoms with Gasteiger partial charge in [0, 0.05) is 25.9 Å². The van der Waals surface area contributed by atoms with E-state index in [1.165, 1.54) is 6.07 Å². The molecule has 110 valence electrons. The van der Waals surface area contributed by atoms with Gasteiger partial charge < -0.3 is 10.2 Å². The van der Waals surface area contributed by atoms with Crippen LogP contribution in [0.4, 0.5) is 10.2 Å². The topological polar surface area (TPSA) is 58.1 Å². The Hall–Kier alpha value is -2.50. The van der Waals surface area contributed by atoms with Crippen LogP contribution in [0.1, 0.15) is 21.7 Å². The Labute approximate surface area is 122 Å². The van der Waals surface area contributed by atoms with Gasteiger partial charge in [0.25, 0.3) is 5.91 Å². The van der Waals surface area contributed by atoms with E-state index in [4.69, 9.17) is 0 Å². The van der Waals surface area contributed by atoms with Gasteiger partial charge >= 0.3 is 0 Å². The first-order valence-corrected chi connectivity index (χ1v) is 6.51. The molecule has 0 aliphatic heterocycles. The molecule has 1 aromatic carbocycles. The van der Waals surface area contributed by atoms with Crippen molar-refractivity contribution in [1.82, 2.24) is 15.3 Å². The molecule has 2 aromatic rings. The minimum atomic E-state index is -0.395. The second kappa shape index (κ2) is 6.30. The number of nitrogens with zero attached hydrogens (tertiary/aromatic N) is 3. The van der Waals surface area contributed by atoms with E-state index in [0.717, 1.165) is 5.82 Å². The molecule has 0 atom stereocenters. The molecular weight excluding hydrogens is 271 g/mol. The Bertz CT molecular complexity index is 658. The lowest BCUT2D eigenvalue weighted by atomic mass is 10.1. The molecule has 0 aliphatic rings. The molecule has 0 spiro atoms. The molecule has 1 amide bonds. The first-order chi connectivity index (χ1) is 9.97. The number of aromatic nitrogens is 2. The van der Waals surface area contributed by atoms with Crippen LogP contribution in [0.5, 0.6) is 0 Å². The number of hydrogen-bond donors (Lipinski definition) is 1. The smallest absolute Gasteiger partial charge is 0.251 e. The lowest BCUT2D eigenvalue weighted by Crippen LogP contribution is -2.24. The van der Waals surface area contributed by atoms with E-state index in [-0.39, 0.29) is 18.0 Å². The largest absolute Gasteiger partial charge is 0.363 e. The molecule has 1 aromatic heterocycles. The molecule has 0 bridgehead atoms. The molecule has 5 nitrogen and oxygen atoms in total. The van der Waals surface area contributed by atoms with Crippen LogP contribution in [0, 0.1) is 12.7 Å². The minimum Gasteiger partial charge on any atom is -0.363 e. The maximum absolute atomic E-state index is 13.4. The third-order valence-corrected chi connectivity index (χ3v) is 2.99. The van der Waals surface area contributed by atoms with E-state index in [2.05, 4.69) is 15.3 Å². The Morgan fingerprint density at radius 2 is 2.10 bits per heavy atom. The predicted octanol–water partition coefficient (Wildman–Crippen LogP) is 1.92. The molecular formula is C15H17FN4O. The zero-order valence-electron chi connectivity index (χ0n) is 12.2. The zero-order chi connectivity index (χ0) is 15.4. The van der Waals surface area contributed by atoms with Gasteiger partial charge in [0.1, 0.15) is 17.5 Å². The quantitative estimate of drug-likeness (QED) is 0.934. The minimum absolute atomic E-state index is 0.190. The third-order valence-electron chi connectivity index (χ3n) is 2.99. The zero-order valence-corrected chi connectivity index (χ0v) is 12.2. The number of aryl methyl sites for hydroxylation is 1. The number of benzene rings is 1. The summed E-state index contributed by atoms with van der Waals surface area (Å²) in [6.45, 7) is 1.84. The fourth-order valence-electron chi connectivity index (χ4n) is 1.72. The van der Waals surface area contributed by atoms with Gasteiger partial charge in [0.15, 0.2) is 0 Å². The van der Waals surface area contributed by atoms with Crippen LogP contribution in [0.15, 0.2) is 30.5 Å². The van der Waals surface area contributed by atoms with Gasteiger partial charge in [-0.2, -0.15) is 0 Å². The molecule has 1 N–H and O–H groups in total. The highest BCUT2D eigenvalue weighted by Gasteiger charge is 2.09. The summed E-state index contributed by atoms with van der Waals surface area (Å²) in [6.07, 6.45) is 1.63. The summed E-state index contributed by atoms with van der Waals surface area (Å²) >= 11 is 0. The summed E-state index contributed by atoms with van der Waals surface area (Å²) in [5.74, 6) is 0.513. The lowest BCUT2D eigenvalue weighted by Gasteiger charge is -2.12. The Balaban J connectivity index is 2.03. The number of halogens is 1. The van der Waals surface area contributed by atoms with Crippen LogP contribution in [0.2, 0.25) is 0 Å². The van der Waals surface area contributed by atoms with Crippen molar-refractivity contribution in [3.63, 3.8) is 0 Å². The molecule has 1 heterocycles. The van der Waals surface area contributed by atoms with Crippen molar-refractivity contribution in [2.75, 3.05) is 19.0 Å². The summed E-state index contributed by atoms with van der Waals surface area (Å²) in [4.78, 5) is 22.2. The van der Waals surface area contributed by atoms with E-state index < -0.39 is 5.82 Å². The molecule has 0 radical (unpaired) electrons. The summed E-state index contributed by atoms with van der Waals surface area (Å²) in [6, 6.07) is 6.17. The lowest BCUT2D eigenvalue weighted by molar-refractivity contribution is 0.0949. The highest BCUT2D eigenvalue weighted by atomic mass is 19.1. The number of hydrogen-bond acceptors (Lipinski definition) is 4. The van der Waals surface area contributed by atoms with Gasteiger partial charge in [0.2, 0.25) is 0 Å². The fourth-order valence-corrected chi connectivity index (χ4v) is 1.72. The van der Waals surface area contributed by atoms with Gasteiger partial charge in [-0.1, -0.05) is 6.07 Å². The third kappa shape index (κ3) is 3.75. The van der Waals surface area contributed by atoms with Gasteiger partial charge in [0.05, 0.1) is 6.54 Å². The second-order valence-corrected chi connectivity index (χ2v) is 4.87. The molecule has 0 unspecified atom stereocenters. The summed E-state index contributed by atoms with van der Waals surface area (Å²) < 4.78 is 13.4. The van der Waals surface area contributed by atoms with Gasteiger partial charge in [-0.05, 0) is 30.7 Å². The second-order valence-electron chi connectivity index (χ2n) is 4.87. The first kappa shape index (κ1) is 14.9. The molecule has 0 aliphatic carbocycles. The van der Waals surface area contributed by atoms with Crippen LogP contribution in [0.3, 0.4) is 0 Å². The van der Waals surface area contributed by atoms with Crippen molar-refractivity contribution in [1.29, 1.82) is 0 Å². The summed E-state index contributed by atoms with van der Waals surface area (Å²) in [7, 11) is 3.75. The van der Waals surface area contributed by atoms with Crippen molar-refractivity contribution in [3.05, 3.63) is 53.2 Å².